The molecule has 2 unspecified atom stereocenters. The summed E-state index contributed by atoms with van der Waals surface area (Å²) in [6.45, 7) is 10.8. The van der Waals surface area contributed by atoms with Crippen LogP contribution >= 0.6 is 0 Å². The highest BCUT2D eigenvalue weighted by atomic mass is 15.2. The molecule has 0 radical (unpaired) electrons. The van der Waals surface area contributed by atoms with Crippen molar-refractivity contribution in [2.75, 3.05) is 5.32 Å². The zero-order valence-electron chi connectivity index (χ0n) is 11.6. The first-order chi connectivity index (χ1) is 8.12. The molecule has 0 aliphatic carbocycles. The topological polar surface area (TPSA) is 50.7 Å². The Balaban J connectivity index is 2.78. The Morgan fingerprint density at radius 3 is 2.18 bits per heavy atom. The number of anilines is 1. The summed E-state index contributed by atoms with van der Waals surface area (Å²) in [6, 6.07) is 0.374. The molecule has 17 heavy (non-hydrogen) atoms. The van der Waals surface area contributed by atoms with E-state index in [2.05, 4.69) is 55.1 Å². The molecule has 0 saturated carbocycles. The third kappa shape index (κ3) is 3.65. The first-order valence-electron chi connectivity index (χ1n) is 6.61. The smallest absolute Gasteiger partial charge is 0.243 e. The zero-order valence-corrected chi connectivity index (χ0v) is 11.6. The highest BCUT2D eigenvalue weighted by Gasteiger charge is 2.12. The third-order valence-corrected chi connectivity index (χ3v) is 3.36. The molecule has 0 fully saturated rings. The fourth-order valence-electron chi connectivity index (χ4n) is 1.70. The van der Waals surface area contributed by atoms with Gasteiger partial charge in [0.05, 0.1) is 11.4 Å². The van der Waals surface area contributed by atoms with E-state index in [-0.39, 0.29) is 0 Å². The first kappa shape index (κ1) is 13.9. The highest BCUT2D eigenvalue weighted by Crippen LogP contribution is 2.12. The van der Waals surface area contributed by atoms with Crippen molar-refractivity contribution in [3.8, 4) is 0 Å². The maximum atomic E-state index is 4.53. The number of rotatable bonds is 6. The van der Waals surface area contributed by atoms with Gasteiger partial charge in [0.2, 0.25) is 5.95 Å². The van der Waals surface area contributed by atoms with Crippen molar-refractivity contribution in [1.82, 2.24) is 15.2 Å². The third-order valence-electron chi connectivity index (χ3n) is 3.36. The van der Waals surface area contributed by atoms with Crippen molar-refractivity contribution >= 4 is 5.95 Å². The Bertz CT molecular complexity index is 351. The van der Waals surface area contributed by atoms with Gasteiger partial charge in [0.15, 0.2) is 0 Å². The molecule has 0 amide bonds. The quantitative estimate of drug-likeness (QED) is 0.825. The van der Waals surface area contributed by atoms with Gasteiger partial charge in [0.1, 0.15) is 0 Å². The summed E-state index contributed by atoms with van der Waals surface area (Å²) < 4.78 is 0. The molecule has 0 aliphatic rings. The van der Waals surface area contributed by atoms with Crippen LogP contribution in [0.3, 0.4) is 0 Å². The first-order valence-corrected chi connectivity index (χ1v) is 6.61. The molecule has 0 aliphatic heterocycles. The summed E-state index contributed by atoms with van der Waals surface area (Å²) in [5.74, 6) is 1.27. The average molecular weight is 236 g/mol. The van der Waals surface area contributed by atoms with E-state index < -0.39 is 0 Å². The van der Waals surface area contributed by atoms with Crippen LogP contribution in [0.25, 0.3) is 0 Å². The zero-order chi connectivity index (χ0) is 12.8. The lowest BCUT2D eigenvalue weighted by Crippen LogP contribution is -2.25. The highest BCUT2D eigenvalue weighted by molar-refractivity contribution is 5.27. The van der Waals surface area contributed by atoms with Gasteiger partial charge in [-0.3, -0.25) is 0 Å². The molecule has 0 bridgehead atoms. The van der Waals surface area contributed by atoms with Gasteiger partial charge in [-0.2, -0.15) is 5.10 Å². The molecule has 2 atom stereocenters. The van der Waals surface area contributed by atoms with Crippen LogP contribution in [0.4, 0.5) is 5.95 Å². The lowest BCUT2D eigenvalue weighted by Gasteiger charge is -2.19. The Hall–Kier alpha value is -1.19. The van der Waals surface area contributed by atoms with Gasteiger partial charge < -0.3 is 5.32 Å². The molecular formula is C13H24N4. The molecule has 0 spiro atoms. The van der Waals surface area contributed by atoms with Crippen LogP contribution in [0.1, 0.15) is 52.4 Å². The Morgan fingerprint density at radius 1 is 1.00 bits per heavy atom. The number of nitrogens with one attached hydrogen (secondary N) is 1. The van der Waals surface area contributed by atoms with Crippen LogP contribution in [0.2, 0.25) is 0 Å². The number of hydrogen-bond acceptors (Lipinski definition) is 4. The maximum Gasteiger partial charge on any atom is 0.243 e. The lowest BCUT2D eigenvalue weighted by molar-refractivity contribution is 0.491. The molecule has 1 aromatic heterocycles. The van der Waals surface area contributed by atoms with E-state index in [0.29, 0.717) is 17.9 Å². The summed E-state index contributed by atoms with van der Waals surface area (Å²) in [4.78, 5) is 4.53. The van der Waals surface area contributed by atoms with Gasteiger partial charge in [-0.15, -0.1) is 5.10 Å². The predicted octanol–water partition coefficient (Wildman–Crippen LogP) is 2.84. The monoisotopic (exact) mass is 236 g/mol. The molecule has 4 nitrogen and oxygen atoms in total. The average Bonchev–Trinajstić information content (AvgIpc) is 2.37. The molecule has 96 valence electrons. The van der Waals surface area contributed by atoms with Gasteiger partial charge in [0, 0.05) is 6.04 Å². The standard InChI is InChI=1S/C13H24N4/c1-6-9(4)10(5)14-13-15-11(7-2)12(8-3)16-17-13/h9-10H,6-8H2,1-5H3,(H,14,15,17). The van der Waals surface area contributed by atoms with E-state index in [1.165, 1.54) is 0 Å². The van der Waals surface area contributed by atoms with Crippen LogP contribution in [-0.4, -0.2) is 21.2 Å². The summed E-state index contributed by atoms with van der Waals surface area (Å²) in [5, 5.41) is 11.7. The minimum Gasteiger partial charge on any atom is -0.350 e. The van der Waals surface area contributed by atoms with Crippen LogP contribution in [0.15, 0.2) is 0 Å². The second-order valence-electron chi connectivity index (χ2n) is 4.55. The van der Waals surface area contributed by atoms with Crippen LogP contribution in [-0.2, 0) is 12.8 Å². The van der Waals surface area contributed by atoms with Gasteiger partial charge in [0.25, 0.3) is 0 Å². The molecule has 1 N–H and O–H groups in total. The second-order valence-corrected chi connectivity index (χ2v) is 4.55. The van der Waals surface area contributed by atoms with Crippen LogP contribution in [0.5, 0.6) is 0 Å². The van der Waals surface area contributed by atoms with Crippen molar-refractivity contribution in [2.45, 2.75) is 59.9 Å². The normalized spacial score (nSPS) is 14.4. The minimum absolute atomic E-state index is 0.374. The van der Waals surface area contributed by atoms with Crippen LogP contribution < -0.4 is 5.32 Å². The molecular weight excluding hydrogens is 212 g/mol. The summed E-state index contributed by atoms with van der Waals surface area (Å²) >= 11 is 0. The lowest BCUT2D eigenvalue weighted by atomic mass is 10.0. The number of aryl methyl sites for hydroxylation is 2. The van der Waals surface area contributed by atoms with Crippen molar-refractivity contribution < 1.29 is 0 Å². The SMILES string of the molecule is CCc1nnc(NC(C)C(C)CC)nc1CC. The Labute approximate surface area is 104 Å². The van der Waals surface area contributed by atoms with E-state index in [9.17, 15) is 0 Å². The molecule has 4 heteroatoms. The van der Waals surface area contributed by atoms with Crippen molar-refractivity contribution in [2.24, 2.45) is 5.92 Å². The second kappa shape index (κ2) is 6.52. The summed E-state index contributed by atoms with van der Waals surface area (Å²) in [6.07, 6.45) is 2.95. The summed E-state index contributed by atoms with van der Waals surface area (Å²) in [7, 11) is 0. The molecule has 0 saturated heterocycles. The molecule has 1 rings (SSSR count). The Kier molecular flexibility index (Phi) is 5.32. The van der Waals surface area contributed by atoms with Gasteiger partial charge in [-0.25, -0.2) is 4.98 Å². The largest absolute Gasteiger partial charge is 0.350 e. The van der Waals surface area contributed by atoms with Gasteiger partial charge in [-0.05, 0) is 25.7 Å². The summed E-state index contributed by atoms with van der Waals surface area (Å²) in [5.41, 5.74) is 2.07. The minimum atomic E-state index is 0.374. The number of nitrogens with zero attached hydrogens (tertiary/aromatic N) is 3. The predicted molar refractivity (Wildman–Crippen MR) is 71.1 cm³/mol. The van der Waals surface area contributed by atoms with Crippen molar-refractivity contribution in [3.05, 3.63) is 11.4 Å². The van der Waals surface area contributed by atoms with E-state index in [0.717, 1.165) is 30.7 Å². The van der Waals surface area contributed by atoms with Gasteiger partial charge >= 0.3 is 0 Å². The fourth-order valence-corrected chi connectivity index (χ4v) is 1.70. The van der Waals surface area contributed by atoms with Crippen molar-refractivity contribution in [3.63, 3.8) is 0 Å². The fraction of sp³-hybridized carbons (Fsp3) is 0.769. The van der Waals surface area contributed by atoms with E-state index in [4.69, 9.17) is 0 Å². The van der Waals surface area contributed by atoms with Gasteiger partial charge in [-0.1, -0.05) is 34.1 Å². The van der Waals surface area contributed by atoms with E-state index in [1.807, 2.05) is 0 Å². The molecule has 0 aromatic carbocycles. The molecule has 1 heterocycles. The van der Waals surface area contributed by atoms with Crippen molar-refractivity contribution in [1.29, 1.82) is 0 Å². The maximum absolute atomic E-state index is 4.53. The number of aromatic nitrogens is 3. The van der Waals surface area contributed by atoms with E-state index >= 15 is 0 Å². The Morgan fingerprint density at radius 2 is 1.65 bits per heavy atom. The number of hydrogen-bond donors (Lipinski definition) is 1. The van der Waals surface area contributed by atoms with E-state index in [1.54, 1.807) is 0 Å². The van der Waals surface area contributed by atoms with Crippen LogP contribution in [0, 0.1) is 5.92 Å². The molecule has 1 aromatic rings.